The molecule has 5 aliphatic carbocycles. The van der Waals surface area contributed by atoms with Crippen molar-refractivity contribution in [2.45, 2.75) is 63.8 Å². The fraction of sp³-hybridized carbons (Fsp3) is 1.00. The van der Waals surface area contributed by atoms with E-state index < -0.39 is 0 Å². The first-order valence-electron chi connectivity index (χ1n) is 7.36. The molecule has 0 heterocycles. The standard InChI is InChI=1S/C15H25N/c1-14(16)2-3-15(9-14)12-5-10-4-11(7-12)8-13(15)6-10/h10-13H,2-9,16H2,1H3. The fourth-order valence-corrected chi connectivity index (χ4v) is 6.27. The van der Waals surface area contributed by atoms with Gasteiger partial charge in [0.25, 0.3) is 0 Å². The van der Waals surface area contributed by atoms with Gasteiger partial charge in [-0.25, -0.2) is 0 Å². The summed E-state index contributed by atoms with van der Waals surface area (Å²) in [5, 5.41) is 0. The van der Waals surface area contributed by atoms with Gasteiger partial charge < -0.3 is 5.73 Å². The first-order valence-corrected chi connectivity index (χ1v) is 7.36. The highest BCUT2D eigenvalue weighted by molar-refractivity contribution is 5.12. The number of hydrogen-bond donors (Lipinski definition) is 1. The largest absolute Gasteiger partial charge is 0.325 e. The summed E-state index contributed by atoms with van der Waals surface area (Å²) in [6, 6.07) is 0. The van der Waals surface area contributed by atoms with Crippen LogP contribution in [0.3, 0.4) is 0 Å². The van der Waals surface area contributed by atoms with Gasteiger partial charge in [-0.1, -0.05) is 0 Å². The highest BCUT2D eigenvalue weighted by Gasteiger charge is 2.60. The van der Waals surface area contributed by atoms with Gasteiger partial charge in [-0.15, -0.1) is 0 Å². The molecule has 5 rings (SSSR count). The minimum absolute atomic E-state index is 0.162. The van der Waals surface area contributed by atoms with Gasteiger partial charge in [0, 0.05) is 5.54 Å². The molecule has 0 aliphatic heterocycles. The van der Waals surface area contributed by atoms with E-state index in [4.69, 9.17) is 5.73 Å². The highest BCUT2D eigenvalue weighted by Crippen LogP contribution is 2.68. The molecule has 90 valence electrons. The van der Waals surface area contributed by atoms with Crippen LogP contribution in [0.1, 0.15) is 58.3 Å². The molecule has 1 atom stereocenters. The van der Waals surface area contributed by atoms with Gasteiger partial charge in [0.2, 0.25) is 0 Å². The van der Waals surface area contributed by atoms with Gasteiger partial charge in [0.05, 0.1) is 0 Å². The summed E-state index contributed by atoms with van der Waals surface area (Å²) < 4.78 is 0. The van der Waals surface area contributed by atoms with Crippen molar-refractivity contribution in [2.75, 3.05) is 0 Å². The summed E-state index contributed by atoms with van der Waals surface area (Å²) in [5.74, 6) is 4.35. The van der Waals surface area contributed by atoms with E-state index in [1.807, 2.05) is 0 Å². The lowest BCUT2D eigenvalue weighted by molar-refractivity contribution is -0.107. The van der Waals surface area contributed by atoms with E-state index >= 15 is 0 Å². The molecule has 1 unspecified atom stereocenters. The number of hydrogen-bond acceptors (Lipinski definition) is 1. The van der Waals surface area contributed by atoms with E-state index in [-0.39, 0.29) is 5.54 Å². The Balaban J connectivity index is 1.70. The molecule has 0 aromatic rings. The van der Waals surface area contributed by atoms with Gasteiger partial charge >= 0.3 is 0 Å². The Morgan fingerprint density at radius 3 is 1.88 bits per heavy atom. The molecule has 4 bridgehead atoms. The summed E-state index contributed by atoms with van der Waals surface area (Å²) in [4.78, 5) is 0. The fourth-order valence-electron chi connectivity index (χ4n) is 6.27. The lowest BCUT2D eigenvalue weighted by Gasteiger charge is -2.61. The number of nitrogens with two attached hydrogens (primary N) is 1. The van der Waals surface area contributed by atoms with Crippen LogP contribution >= 0.6 is 0 Å². The molecule has 5 aliphatic rings. The van der Waals surface area contributed by atoms with Crippen molar-refractivity contribution in [1.82, 2.24) is 0 Å². The average molecular weight is 219 g/mol. The number of rotatable bonds is 0. The van der Waals surface area contributed by atoms with Crippen LogP contribution in [0.4, 0.5) is 0 Å². The van der Waals surface area contributed by atoms with Gasteiger partial charge in [-0.05, 0) is 87.4 Å². The molecule has 0 aromatic carbocycles. The van der Waals surface area contributed by atoms with Crippen LogP contribution < -0.4 is 5.73 Å². The van der Waals surface area contributed by atoms with Crippen molar-refractivity contribution in [1.29, 1.82) is 0 Å². The minimum Gasteiger partial charge on any atom is -0.325 e. The Morgan fingerprint density at radius 1 is 0.875 bits per heavy atom. The molecule has 2 N–H and O–H groups in total. The molecule has 0 amide bonds. The first kappa shape index (κ1) is 9.94. The van der Waals surface area contributed by atoms with Crippen LogP contribution in [0.25, 0.3) is 0 Å². The SMILES string of the molecule is CC1(N)CCC2(C1)C1CC3CC(C1)CC2C3. The topological polar surface area (TPSA) is 26.0 Å². The molecule has 1 nitrogen and oxygen atoms in total. The third-order valence-electron chi connectivity index (χ3n) is 6.66. The van der Waals surface area contributed by atoms with Gasteiger partial charge in [0.15, 0.2) is 0 Å². The predicted octanol–water partition coefficient (Wildman–Crippen LogP) is 3.33. The smallest absolute Gasteiger partial charge is 0.0131 e. The van der Waals surface area contributed by atoms with Crippen molar-refractivity contribution < 1.29 is 0 Å². The Bertz CT molecular complexity index is 289. The second-order valence-electron chi connectivity index (χ2n) is 7.87. The second-order valence-corrected chi connectivity index (χ2v) is 7.87. The highest BCUT2D eigenvalue weighted by atomic mass is 14.8. The quantitative estimate of drug-likeness (QED) is 0.664. The summed E-state index contributed by atoms with van der Waals surface area (Å²) in [6.45, 7) is 2.30. The van der Waals surface area contributed by atoms with E-state index in [1.54, 1.807) is 32.1 Å². The van der Waals surface area contributed by atoms with Gasteiger partial charge in [-0.2, -0.15) is 0 Å². The molecule has 0 aromatic heterocycles. The summed E-state index contributed by atoms with van der Waals surface area (Å²) in [7, 11) is 0. The Labute approximate surface area is 99.2 Å². The van der Waals surface area contributed by atoms with E-state index in [2.05, 4.69) is 6.92 Å². The lowest BCUT2D eigenvalue weighted by Crippen LogP contribution is -2.53. The molecule has 5 saturated carbocycles. The molecule has 1 spiro atoms. The minimum atomic E-state index is 0.162. The van der Waals surface area contributed by atoms with E-state index in [1.165, 1.54) is 19.3 Å². The monoisotopic (exact) mass is 219 g/mol. The van der Waals surface area contributed by atoms with Crippen LogP contribution in [0.5, 0.6) is 0 Å². The van der Waals surface area contributed by atoms with Crippen molar-refractivity contribution >= 4 is 0 Å². The van der Waals surface area contributed by atoms with Crippen LogP contribution in [0.15, 0.2) is 0 Å². The Hall–Kier alpha value is -0.0400. The zero-order chi connectivity index (χ0) is 11.0. The maximum atomic E-state index is 6.43. The molecule has 0 saturated heterocycles. The molecule has 5 fully saturated rings. The molecular weight excluding hydrogens is 194 g/mol. The average Bonchev–Trinajstić information content (AvgIpc) is 2.52. The Morgan fingerprint density at radius 2 is 1.44 bits per heavy atom. The van der Waals surface area contributed by atoms with Gasteiger partial charge in [-0.3, -0.25) is 0 Å². The van der Waals surface area contributed by atoms with E-state index in [9.17, 15) is 0 Å². The van der Waals surface area contributed by atoms with Crippen LogP contribution in [-0.2, 0) is 0 Å². The van der Waals surface area contributed by atoms with E-state index in [0.717, 1.165) is 23.7 Å². The maximum absolute atomic E-state index is 6.43. The first-order chi connectivity index (χ1) is 7.57. The third-order valence-corrected chi connectivity index (χ3v) is 6.66. The van der Waals surface area contributed by atoms with Crippen LogP contribution in [0.2, 0.25) is 0 Å². The van der Waals surface area contributed by atoms with Crippen molar-refractivity contribution in [2.24, 2.45) is 34.8 Å². The van der Waals surface area contributed by atoms with Crippen molar-refractivity contribution in [3.8, 4) is 0 Å². The zero-order valence-electron chi connectivity index (χ0n) is 10.5. The van der Waals surface area contributed by atoms with Crippen molar-refractivity contribution in [3.63, 3.8) is 0 Å². The molecular formula is C15H25N. The second kappa shape index (κ2) is 2.85. The third kappa shape index (κ3) is 1.16. The lowest BCUT2D eigenvalue weighted by atomic mass is 9.44. The summed E-state index contributed by atoms with van der Waals surface area (Å²) >= 11 is 0. The van der Waals surface area contributed by atoms with Crippen LogP contribution in [-0.4, -0.2) is 5.54 Å². The maximum Gasteiger partial charge on any atom is 0.0131 e. The molecule has 0 radical (unpaired) electrons. The summed E-state index contributed by atoms with van der Waals surface area (Å²) in [6.07, 6.45) is 11.9. The van der Waals surface area contributed by atoms with E-state index in [0.29, 0.717) is 5.41 Å². The normalized spacial score (nSPS) is 63.4. The summed E-state index contributed by atoms with van der Waals surface area (Å²) in [5.41, 5.74) is 7.30. The molecule has 16 heavy (non-hydrogen) atoms. The predicted molar refractivity (Wildman–Crippen MR) is 65.9 cm³/mol. The van der Waals surface area contributed by atoms with Crippen LogP contribution in [0, 0.1) is 29.1 Å². The van der Waals surface area contributed by atoms with Gasteiger partial charge in [0.1, 0.15) is 0 Å². The van der Waals surface area contributed by atoms with Crippen molar-refractivity contribution in [3.05, 3.63) is 0 Å². The molecule has 1 heteroatoms. The Kier molecular flexibility index (Phi) is 1.77. The zero-order valence-corrected chi connectivity index (χ0v) is 10.5.